The fourth-order valence-electron chi connectivity index (χ4n) is 0.948. The van der Waals surface area contributed by atoms with Gasteiger partial charge in [0.25, 0.3) is 0 Å². The first-order chi connectivity index (χ1) is 7.77. The number of nitrogens with one attached hydrogen (secondary N) is 1. The van der Waals surface area contributed by atoms with Gasteiger partial charge in [-0.05, 0) is 35.8 Å². The maximum absolute atomic E-state index is 13.4. The Balaban J connectivity index is 3.02. The largest absolute Gasteiger partial charge is 0.322 e. The molecule has 1 rings (SSSR count). The van der Waals surface area contributed by atoms with E-state index in [9.17, 15) is 13.6 Å². The van der Waals surface area contributed by atoms with E-state index in [1.54, 1.807) is 6.07 Å². The summed E-state index contributed by atoms with van der Waals surface area (Å²) in [5.74, 6) is -2.17. The second kappa shape index (κ2) is 4.80. The van der Waals surface area contributed by atoms with Gasteiger partial charge in [-0.15, -0.1) is 0 Å². The molecule has 0 bridgehead atoms. The average molecular weight is 303 g/mol. The lowest BCUT2D eigenvalue weighted by Crippen LogP contribution is -2.29. The molecule has 0 saturated heterocycles. The Kier molecular flexibility index (Phi) is 3.83. The number of carbonyl (C=O) groups is 1. The zero-order chi connectivity index (χ0) is 13.2. The number of halogens is 3. The zero-order valence-electron chi connectivity index (χ0n) is 9.14. The molecule has 6 heteroatoms. The van der Waals surface area contributed by atoms with Crippen molar-refractivity contribution < 1.29 is 13.6 Å². The van der Waals surface area contributed by atoms with Crippen LogP contribution in [0.4, 0.5) is 14.5 Å². The average Bonchev–Trinajstić information content (AvgIpc) is 2.25. The lowest BCUT2D eigenvalue weighted by molar-refractivity contribution is -0.121. The molecule has 0 aromatic heterocycles. The summed E-state index contributed by atoms with van der Waals surface area (Å²) < 4.78 is 26.5. The van der Waals surface area contributed by atoms with Crippen LogP contribution in [0.2, 0.25) is 0 Å². The van der Waals surface area contributed by atoms with Crippen LogP contribution >= 0.6 is 15.9 Å². The Morgan fingerprint density at radius 1 is 1.41 bits per heavy atom. The Labute approximate surface area is 106 Å². The second-order valence-corrected chi connectivity index (χ2v) is 4.79. The van der Waals surface area contributed by atoms with Gasteiger partial charge < -0.3 is 5.32 Å². The van der Waals surface area contributed by atoms with Crippen LogP contribution in [0.5, 0.6) is 0 Å². The summed E-state index contributed by atoms with van der Waals surface area (Å²) >= 11 is 2.82. The summed E-state index contributed by atoms with van der Waals surface area (Å²) in [6.07, 6.45) is 0. The number of benzene rings is 1. The van der Waals surface area contributed by atoms with Gasteiger partial charge in [0.05, 0.1) is 16.2 Å². The molecule has 1 N–H and O–H groups in total. The van der Waals surface area contributed by atoms with Crippen molar-refractivity contribution in [3.05, 3.63) is 28.2 Å². The zero-order valence-corrected chi connectivity index (χ0v) is 10.7. The van der Waals surface area contributed by atoms with Crippen molar-refractivity contribution in [1.29, 1.82) is 5.26 Å². The van der Waals surface area contributed by atoms with Crippen LogP contribution < -0.4 is 5.32 Å². The molecule has 1 amide bonds. The Morgan fingerprint density at radius 2 is 2.00 bits per heavy atom. The summed E-state index contributed by atoms with van der Waals surface area (Å²) in [4.78, 5) is 11.6. The van der Waals surface area contributed by atoms with Gasteiger partial charge in [0, 0.05) is 6.07 Å². The first-order valence-electron chi connectivity index (χ1n) is 4.65. The molecular weight excluding hydrogens is 294 g/mol. The highest BCUT2D eigenvalue weighted by Crippen LogP contribution is 2.25. The number of nitriles is 1. The van der Waals surface area contributed by atoms with E-state index >= 15 is 0 Å². The van der Waals surface area contributed by atoms with Crippen LogP contribution in [0.15, 0.2) is 16.6 Å². The maximum atomic E-state index is 13.4. The smallest absolute Gasteiger partial charge is 0.244 e. The van der Waals surface area contributed by atoms with Crippen molar-refractivity contribution in [1.82, 2.24) is 0 Å². The number of hydrogen-bond donors (Lipinski definition) is 1. The van der Waals surface area contributed by atoms with Gasteiger partial charge >= 0.3 is 0 Å². The van der Waals surface area contributed by atoms with Crippen molar-refractivity contribution in [3.63, 3.8) is 0 Å². The molecule has 0 radical (unpaired) electrons. The predicted octanol–water partition coefficient (Wildman–Crippen LogP) is 3.22. The number of carbonyl (C=O) groups excluding carboxylic acids is 1. The van der Waals surface area contributed by atoms with Crippen LogP contribution in [0, 0.1) is 28.4 Å². The van der Waals surface area contributed by atoms with Gasteiger partial charge in [-0.3, -0.25) is 4.79 Å². The van der Waals surface area contributed by atoms with Gasteiger partial charge in [-0.1, -0.05) is 0 Å². The molecule has 0 saturated carbocycles. The maximum Gasteiger partial charge on any atom is 0.244 e. The van der Waals surface area contributed by atoms with Gasteiger partial charge in [-0.2, -0.15) is 5.26 Å². The van der Waals surface area contributed by atoms with Crippen LogP contribution in [0.25, 0.3) is 0 Å². The molecule has 0 spiro atoms. The van der Waals surface area contributed by atoms with E-state index in [2.05, 4.69) is 21.2 Å². The molecule has 0 atom stereocenters. The highest BCUT2D eigenvalue weighted by atomic mass is 79.9. The Morgan fingerprint density at radius 3 is 2.53 bits per heavy atom. The minimum absolute atomic E-state index is 0.0347. The third-order valence-corrected chi connectivity index (χ3v) is 2.71. The van der Waals surface area contributed by atoms with Crippen molar-refractivity contribution in [2.75, 3.05) is 5.32 Å². The Bertz CT molecular complexity index is 509. The summed E-state index contributed by atoms with van der Waals surface area (Å²) in [5.41, 5.74) is -1.60. The minimum Gasteiger partial charge on any atom is -0.322 e. The van der Waals surface area contributed by atoms with Crippen LogP contribution in [-0.4, -0.2) is 5.91 Å². The van der Waals surface area contributed by atoms with E-state index in [-0.39, 0.29) is 10.2 Å². The van der Waals surface area contributed by atoms with E-state index < -0.39 is 23.0 Å². The fourth-order valence-corrected chi connectivity index (χ4v) is 1.26. The molecular formula is C11H9BrF2N2O. The highest BCUT2D eigenvalue weighted by molar-refractivity contribution is 9.10. The molecule has 0 fully saturated rings. The van der Waals surface area contributed by atoms with E-state index in [1.165, 1.54) is 13.8 Å². The summed E-state index contributed by atoms with van der Waals surface area (Å²) in [6.45, 7) is 2.77. The number of hydrogen-bond acceptors (Lipinski definition) is 2. The first kappa shape index (κ1) is 13.6. The molecule has 0 aliphatic heterocycles. The Hall–Kier alpha value is -1.48. The van der Waals surface area contributed by atoms with Crippen molar-refractivity contribution >= 4 is 27.5 Å². The van der Waals surface area contributed by atoms with Gasteiger partial charge in [-0.25, -0.2) is 8.78 Å². The molecule has 0 unspecified atom stereocenters. The van der Waals surface area contributed by atoms with Crippen LogP contribution in [0.3, 0.4) is 0 Å². The fraction of sp³-hybridized carbons (Fsp3) is 0.273. The van der Waals surface area contributed by atoms with Gasteiger partial charge in [0.15, 0.2) is 0 Å². The van der Waals surface area contributed by atoms with Crippen molar-refractivity contribution in [2.24, 2.45) is 5.41 Å². The summed E-state index contributed by atoms with van der Waals surface area (Å²) in [6, 6.07) is 3.53. The number of anilines is 1. The SMILES string of the molecule is CC(C)(C#N)C(=O)Nc1cc(F)c(Br)cc1F. The van der Waals surface area contributed by atoms with E-state index in [4.69, 9.17) is 5.26 Å². The molecule has 90 valence electrons. The third-order valence-electron chi connectivity index (χ3n) is 2.11. The van der Waals surface area contributed by atoms with Crippen LogP contribution in [0.1, 0.15) is 13.8 Å². The molecule has 0 aliphatic carbocycles. The molecule has 3 nitrogen and oxygen atoms in total. The summed E-state index contributed by atoms with van der Waals surface area (Å²) in [5, 5.41) is 10.9. The molecule has 1 aromatic rings. The van der Waals surface area contributed by atoms with Crippen molar-refractivity contribution in [2.45, 2.75) is 13.8 Å². The quantitative estimate of drug-likeness (QED) is 0.853. The van der Waals surface area contributed by atoms with E-state index in [1.807, 2.05) is 0 Å². The predicted molar refractivity (Wildman–Crippen MR) is 62.1 cm³/mol. The van der Waals surface area contributed by atoms with E-state index in [0.29, 0.717) is 0 Å². The number of rotatable bonds is 2. The lowest BCUT2D eigenvalue weighted by Gasteiger charge is -2.15. The number of amides is 1. The molecule has 0 heterocycles. The molecule has 0 aliphatic rings. The van der Waals surface area contributed by atoms with Gasteiger partial charge in [0.2, 0.25) is 5.91 Å². The monoisotopic (exact) mass is 302 g/mol. The number of nitrogens with zero attached hydrogens (tertiary/aromatic N) is 1. The minimum atomic E-state index is -1.31. The molecule has 17 heavy (non-hydrogen) atoms. The van der Waals surface area contributed by atoms with E-state index in [0.717, 1.165) is 12.1 Å². The second-order valence-electron chi connectivity index (χ2n) is 3.94. The van der Waals surface area contributed by atoms with Gasteiger partial charge in [0.1, 0.15) is 17.0 Å². The van der Waals surface area contributed by atoms with Crippen LogP contribution in [-0.2, 0) is 4.79 Å². The third kappa shape index (κ3) is 3.01. The first-order valence-corrected chi connectivity index (χ1v) is 5.44. The van der Waals surface area contributed by atoms with Crippen molar-refractivity contribution in [3.8, 4) is 6.07 Å². The normalized spacial score (nSPS) is 10.8. The lowest BCUT2D eigenvalue weighted by atomic mass is 9.94. The topological polar surface area (TPSA) is 52.9 Å². The highest BCUT2D eigenvalue weighted by Gasteiger charge is 2.28. The molecule has 1 aromatic carbocycles. The standard InChI is InChI=1S/C11H9BrF2N2O/c1-11(2,5-15)10(17)16-9-4-7(13)6(12)3-8(9)14/h3-4H,1-2H3,(H,16,17). The summed E-state index contributed by atoms with van der Waals surface area (Å²) in [7, 11) is 0.